The predicted octanol–water partition coefficient (Wildman–Crippen LogP) is 1.83. The highest BCUT2D eigenvalue weighted by Gasteiger charge is 2.11. The van der Waals surface area contributed by atoms with Crippen molar-refractivity contribution in [3.63, 3.8) is 0 Å². The van der Waals surface area contributed by atoms with Crippen LogP contribution in [0.25, 0.3) is 11.3 Å². The molecule has 0 radical (unpaired) electrons. The van der Waals surface area contributed by atoms with E-state index in [2.05, 4.69) is 5.10 Å². The number of hydrogen-bond donors (Lipinski definition) is 1. The van der Waals surface area contributed by atoms with Gasteiger partial charge in [-0.1, -0.05) is 29.8 Å². The Kier molecular flexibility index (Phi) is 3.82. The molecule has 0 saturated heterocycles. The number of halogens is 1. The molecular formula is C12H14ClN3O2S. The van der Waals surface area contributed by atoms with E-state index in [1.54, 1.807) is 12.1 Å². The number of hydrogen-bond acceptors (Lipinski definition) is 4. The highest BCUT2D eigenvalue weighted by atomic mass is 35.5. The number of nitrogen functional groups attached to an aromatic ring is 1. The average Bonchev–Trinajstić information content (AvgIpc) is 2.68. The van der Waals surface area contributed by atoms with Crippen LogP contribution in [0.15, 0.2) is 30.3 Å². The van der Waals surface area contributed by atoms with Crippen molar-refractivity contribution >= 4 is 27.3 Å². The fourth-order valence-electron chi connectivity index (χ4n) is 1.66. The maximum Gasteiger partial charge on any atom is 0.149 e. The third-order valence-electron chi connectivity index (χ3n) is 2.63. The Bertz CT molecular complexity index is 695. The Morgan fingerprint density at radius 3 is 2.68 bits per heavy atom. The molecule has 0 bridgehead atoms. The van der Waals surface area contributed by atoms with Crippen LogP contribution in [0, 0.1) is 0 Å². The standard InChI is InChI=1S/C12H14ClN3O2S/c1-19(17,18)7-6-16-12(14)8-11(15-16)9-4-2-3-5-10(9)13/h2-5,8H,6-7,14H2,1H3. The van der Waals surface area contributed by atoms with Crippen LogP contribution < -0.4 is 5.73 Å². The second-order valence-electron chi connectivity index (χ2n) is 4.29. The van der Waals surface area contributed by atoms with Gasteiger partial charge in [-0.25, -0.2) is 13.1 Å². The molecule has 0 unspecified atom stereocenters. The summed E-state index contributed by atoms with van der Waals surface area (Å²) in [6.07, 6.45) is 1.18. The van der Waals surface area contributed by atoms with Crippen LogP contribution in [0.3, 0.4) is 0 Å². The first kappa shape index (κ1) is 13.9. The first-order valence-corrected chi connectivity index (χ1v) is 8.06. The zero-order valence-electron chi connectivity index (χ0n) is 10.4. The van der Waals surface area contributed by atoms with E-state index in [1.165, 1.54) is 10.9 Å². The van der Waals surface area contributed by atoms with E-state index in [9.17, 15) is 8.42 Å². The summed E-state index contributed by atoms with van der Waals surface area (Å²) in [6.45, 7) is 0.231. The van der Waals surface area contributed by atoms with Gasteiger partial charge < -0.3 is 5.73 Å². The number of nitrogens with two attached hydrogens (primary N) is 1. The predicted molar refractivity (Wildman–Crippen MR) is 76.8 cm³/mol. The molecule has 2 N–H and O–H groups in total. The van der Waals surface area contributed by atoms with Crippen LogP contribution in [0.1, 0.15) is 0 Å². The molecule has 7 heteroatoms. The fourth-order valence-corrected chi connectivity index (χ4v) is 2.40. The van der Waals surface area contributed by atoms with E-state index in [4.69, 9.17) is 17.3 Å². The van der Waals surface area contributed by atoms with E-state index in [1.807, 2.05) is 18.2 Å². The second-order valence-corrected chi connectivity index (χ2v) is 6.95. The molecule has 2 rings (SSSR count). The molecule has 0 fully saturated rings. The van der Waals surface area contributed by atoms with Crippen LogP contribution >= 0.6 is 11.6 Å². The zero-order valence-corrected chi connectivity index (χ0v) is 11.9. The van der Waals surface area contributed by atoms with Gasteiger partial charge in [0, 0.05) is 17.9 Å². The van der Waals surface area contributed by atoms with Crippen molar-refractivity contribution in [1.82, 2.24) is 9.78 Å². The summed E-state index contributed by atoms with van der Waals surface area (Å²) in [5.41, 5.74) is 7.23. The second kappa shape index (κ2) is 5.22. The van der Waals surface area contributed by atoms with Crippen molar-refractivity contribution < 1.29 is 8.42 Å². The SMILES string of the molecule is CS(=O)(=O)CCn1nc(-c2ccccc2Cl)cc1N. The van der Waals surface area contributed by atoms with Crippen molar-refractivity contribution in [1.29, 1.82) is 0 Å². The van der Waals surface area contributed by atoms with Crippen molar-refractivity contribution in [3.05, 3.63) is 35.4 Å². The summed E-state index contributed by atoms with van der Waals surface area (Å²) in [5.74, 6) is 0.416. The van der Waals surface area contributed by atoms with Crippen molar-refractivity contribution in [2.24, 2.45) is 0 Å². The van der Waals surface area contributed by atoms with Crippen molar-refractivity contribution in [3.8, 4) is 11.3 Å². The number of benzene rings is 1. The molecule has 0 atom stereocenters. The number of aromatic nitrogens is 2. The van der Waals surface area contributed by atoms with Gasteiger partial charge in [-0.3, -0.25) is 0 Å². The molecule has 1 heterocycles. The maximum atomic E-state index is 11.1. The minimum Gasteiger partial charge on any atom is -0.384 e. The Morgan fingerprint density at radius 1 is 1.37 bits per heavy atom. The lowest BCUT2D eigenvalue weighted by Gasteiger charge is -2.02. The molecule has 5 nitrogen and oxygen atoms in total. The smallest absolute Gasteiger partial charge is 0.149 e. The van der Waals surface area contributed by atoms with Gasteiger partial charge in [-0.15, -0.1) is 0 Å². The first-order valence-electron chi connectivity index (χ1n) is 5.63. The van der Waals surface area contributed by atoms with E-state index in [0.717, 1.165) is 5.56 Å². The van der Waals surface area contributed by atoms with E-state index >= 15 is 0 Å². The molecule has 0 saturated carbocycles. The molecule has 0 spiro atoms. The number of anilines is 1. The van der Waals surface area contributed by atoms with Crippen LogP contribution in [0.4, 0.5) is 5.82 Å². The fraction of sp³-hybridized carbons (Fsp3) is 0.250. The van der Waals surface area contributed by atoms with Gasteiger partial charge >= 0.3 is 0 Å². The largest absolute Gasteiger partial charge is 0.384 e. The molecule has 0 aliphatic rings. The van der Waals surface area contributed by atoms with Gasteiger partial charge in [0.15, 0.2) is 0 Å². The Morgan fingerprint density at radius 2 is 2.05 bits per heavy atom. The zero-order chi connectivity index (χ0) is 14.0. The van der Waals surface area contributed by atoms with Crippen LogP contribution in [-0.4, -0.2) is 30.2 Å². The molecule has 0 amide bonds. The number of sulfone groups is 1. The minimum atomic E-state index is -3.05. The number of rotatable bonds is 4. The normalized spacial score (nSPS) is 11.7. The summed E-state index contributed by atoms with van der Waals surface area (Å²) in [6, 6.07) is 8.97. The molecule has 19 heavy (non-hydrogen) atoms. The lowest BCUT2D eigenvalue weighted by molar-refractivity contribution is 0.588. The Labute approximate surface area is 116 Å². The van der Waals surface area contributed by atoms with E-state index in [0.29, 0.717) is 16.5 Å². The first-order chi connectivity index (χ1) is 8.87. The van der Waals surface area contributed by atoms with Gasteiger partial charge in [0.1, 0.15) is 15.7 Å². The lowest BCUT2D eigenvalue weighted by atomic mass is 10.1. The summed E-state index contributed by atoms with van der Waals surface area (Å²) < 4.78 is 23.8. The summed E-state index contributed by atoms with van der Waals surface area (Å²) in [7, 11) is -3.05. The van der Waals surface area contributed by atoms with Crippen LogP contribution in [0.2, 0.25) is 5.02 Å². The molecule has 1 aromatic carbocycles. The molecule has 0 aliphatic carbocycles. The topological polar surface area (TPSA) is 78.0 Å². The lowest BCUT2D eigenvalue weighted by Crippen LogP contribution is -2.13. The minimum absolute atomic E-state index is 0.000835. The van der Waals surface area contributed by atoms with Crippen molar-refractivity contribution in [2.75, 3.05) is 17.7 Å². The molecular weight excluding hydrogens is 286 g/mol. The Hall–Kier alpha value is -1.53. The van der Waals surface area contributed by atoms with Gasteiger partial charge in [-0.2, -0.15) is 5.10 Å². The summed E-state index contributed by atoms with van der Waals surface area (Å²) >= 11 is 6.08. The third-order valence-corrected chi connectivity index (χ3v) is 3.89. The monoisotopic (exact) mass is 299 g/mol. The van der Waals surface area contributed by atoms with Crippen LogP contribution in [-0.2, 0) is 16.4 Å². The summed E-state index contributed by atoms with van der Waals surface area (Å²) in [4.78, 5) is 0. The molecule has 2 aromatic rings. The highest BCUT2D eigenvalue weighted by molar-refractivity contribution is 7.90. The highest BCUT2D eigenvalue weighted by Crippen LogP contribution is 2.27. The summed E-state index contributed by atoms with van der Waals surface area (Å²) in [5, 5.41) is 4.87. The average molecular weight is 300 g/mol. The number of nitrogens with zero attached hydrogens (tertiary/aromatic N) is 2. The van der Waals surface area contributed by atoms with Gasteiger partial charge in [0.05, 0.1) is 23.0 Å². The van der Waals surface area contributed by atoms with Gasteiger partial charge in [0.25, 0.3) is 0 Å². The molecule has 0 aliphatic heterocycles. The quantitative estimate of drug-likeness (QED) is 0.934. The van der Waals surface area contributed by atoms with Gasteiger partial charge in [-0.05, 0) is 6.07 Å². The molecule has 1 aromatic heterocycles. The van der Waals surface area contributed by atoms with E-state index < -0.39 is 9.84 Å². The van der Waals surface area contributed by atoms with Crippen LogP contribution in [0.5, 0.6) is 0 Å². The molecule has 102 valence electrons. The number of aryl methyl sites for hydroxylation is 1. The third kappa shape index (κ3) is 3.48. The maximum absolute atomic E-state index is 11.1. The van der Waals surface area contributed by atoms with Gasteiger partial charge in [0.2, 0.25) is 0 Å². The van der Waals surface area contributed by atoms with E-state index in [-0.39, 0.29) is 12.3 Å². The van der Waals surface area contributed by atoms with Crippen molar-refractivity contribution in [2.45, 2.75) is 6.54 Å². The Balaban J connectivity index is 2.29.